The SMILES string of the molecule is CC(=O)N1CCC(NC(=O)Oc2c(C)[nH]c3c(-c4cc(F)ccc4OCC4CC4)ncnc23)CC1. The lowest BCUT2D eigenvalue weighted by molar-refractivity contribution is -0.129. The first-order valence-electron chi connectivity index (χ1n) is 11.9. The van der Waals surface area contributed by atoms with Gasteiger partial charge in [-0.2, -0.15) is 0 Å². The number of hydrogen-bond donors (Lipinski definition) is 2. The van der Waals surface area contributed by atoms with Gasteiger partial charge in [0.25, 0.3) is 0 Å². The molecule has 1 saturated carbocycles. The Kier molecular flexibility index (Phi) is 6.27. The molecule has 2 amide bonds. The Morgan fingerprint density at radius 1 is 1.20 bits per heavy atom. The second kappa shape index (κ2) is 9.52. The smallest absolute Gasteiger partial charge is 0.412 e. The van der Waals surface area contributed by atoms with Crippen molar-refractivity contribution in [3.63, 3.8) is 0 Å². The molecule has 184 valence electrons. The van der Waals surface area contributed by atoms with Crippen LogP contribution >= 0.6 is 0 Å². The van der Waals surface area contributed by atoms with E-state index >= 15 is 0 Å². The molecule has 0 radical (unpaired) electrons. The topological polar surface area (TPSA) is 109 Å². The molecule has 0 atom stereocenters. The molecule has 35 heavy (non-hydrogen) atoms. The number of carbonyl (C=O) groups is 2. The summed E-state index contributed by atoms with van der Waals surface area (Å²) in [6, 6.07) is 4.29. The molecule has 1 aliphatic heterocycles. The molecule has 5 rings (SSSR count). The molecule has 0 bridgehead atoms. The van der Waals surface area contributed by atoms with E-state index in [2.05, 4.69) is 20.3 Å². The van der Waals surface area contributed by atoms with Crippen LogP contribution in [0.5, 0.6) is 11.5 Å². The van der Waals surface area contributed by atoms with E-state index in [1.54, 1.807) is 24.8 Å². The number of rotatable bonds is 6. The zero-order valence-corrected chi connectivity index (χ0v) is 19.8. The fourth-order valence-electron chi connectivity index (χ4n) is 4.36. The molecule has 2 N–H and O–H groups in total. The Morgan fingerprint density at radius 2 is 1.97 bits per heavy atom. The number of amides is 2. The predicted molar refractivity (Wildman–Crippen MR) is 127 cm³/mol. The Bertz CT molecular complexity index is 1260. The number of H-pyrrole nitrogens is 1. The number of aromatic amines is 1. The van der Waals surface area contributed by atoms with Crippen molar-refractivity contribution in [2.24, 2.45) is 5.92 Å². The van der Waals surface area contributed by atoms with Crippen LogP contribution in [0.15, 0.2) is 24.5 Å². The molecule has 0 spiro atoms. The quantitative estimate of drug-likeness (QED) is 0.552. The number of aryl methyl sites for hydroxylation is 1. The van der Waals surface area contributed by atoms with E-state index in [9.17, 15) is 14.0 Å². The summed E-state index contributed by atoms with van der Waals surface area (Å²) in [6.45, 7) is 5.10. The molecule has 10 heteroatoms. The lowest BCUT2D eigenvalue weighted by Crippen LogP contribution is -2.46. The highest BCUT2D eigenvalue weighted by Gasteiger charge is 2.26. The van der Waals surface area contributed by atoms with Crippen molar-refractivity contribution < 1.29 is 23.5 Å². The third kappa shape index (κ3) is 5.06. The summed E-state index contributed by atoms with van der Waals surface area (Å²) in [7, 11) is 0. The van der Waals surface area contributed by atoms with Crippen LogP contribution in [0.1, 0.15) is 38.3 Å². The number of likely N-dealkylation sites (tertiary alicyclic amines) is 1. The number of ether oxygens (including phenoxy) is 2. The summed E-state index contributed by atoms with van der Waals surface area (Å²) in [6.07, 6.45) is 4.39. The first-order valence-corrected chi connectivity index (χ1v) is 11.9. The van der Waals surface area contributed by atoms with Crippen molar-refractivity contribution in [3.8, 4) is 22.8 Å². The highest BCUT2D eigenvalue weighted by atomic mass is 19.1. The van der Waals surface area contributed by atoms with Crippen molar-refractivity contribution in [3.05, 3.63) is 36.0 Å². The molecular formula is C25H28FN5O4. The maximum Gasteiger partial charge on any atom is 0.412 e. The molecule has 1 saturated heterocycles. The van der Waals surface area contributed by atoms with Crippen LogP contribution in [0, 0.1) is 18.7 Å². The molecule has 1 aliphatic carbocycles. The molecular weight excluding hydrogens is 453 g/mol. The van der Waals surface area contributed by atoms with Gasteiger partial charge in [0.2, 0.25) is 5.91 Å². The number of piperidine rings is 1. The predicted octanol–water partition coefficient (Wildman–Crippen LogP) is 3.96. The minimum absolute atomic E-state index is 0.0373. The van der Waals surface area contributed by atoms with E-state index in [1.165, 1.54) is 18.5 Å². The summed E-state index contributed by atoms with van der Waals surface area (Å²) in [5.74, 6) is 1.01. The normalized spacial score (nSPS) is 16.4. The van der Waals surface area contributed by atoms with Gasteiger partial charge in [-0.1, -0.05) is 0 Å². The Labute approximate surface area is 202 Å². The zero-order valence-electron chi connectivity index (χ0n) is 19.8. The van der Waals surface area contributed by atoms with Gasteiger partial charge in [-0.05, 0) is 56.7 Å². The minimum atomic E-state index is -0.588. The fraction of sp³-hybridized carbons (Fsp3) is 0.440. The van der Waals surface area contributed by atoms with Crippen molar-refractivity contribution >= 4 is 23.0 Å². The van der Waals surface area contributed by atoms with E-state index in [4.69, 9.17) is 9.47 Å². The third-order valence-electron chi connectivity index (χ3n) is 6.54. The van der Waals surface area contributed by atoms with Gasteiger partial charge < -0.3 is 24.7 Å². The average molecular weight is 482 g/mol. The van der Waals surface area contributed by atoms with Crippen LogP contribution in [0.4, 0.5) is 9.18 Å². The average Bonchev–Trinajstić information content (AvgIpc) is 3.61. The van der Waals surface area contributed by atoms with Gasteiger partial charge in [0, 0.05) is 31.6 Å². The Morgan fingerprint density at radius 3 is 2.69 bits per heavy atom. The van der Waals surface area contributed by atoms with Crippen molar-refractivity contribution in [1.82, 2.24) is 25.2 Å². The molecule has 2 fully saturated rings. The van der Waals surface area contributed by atoms with Crippen molar-refractivity contribution in [2.75, 3.05) is 19.7 Å². The standard InChI is InChI=1S/C25H28FN5O4/c1-14-24(35-25(33)30-18-7-9-31(10-8-18)15(2)32)23-22(29-14)21(27-13-28-23)19-11-17(26)5-6-20(19)34-12-16-3-4-16/h5-6,11,13,16,18,29H,3-4,7-10,12H2,1-2H3,(H,30,33). The first-order chi connectivity index (χ1) is 16.9. The first kappa shape index (κ1) is 23.1. The van der Waals surface area contributed by atoms with Gasteiger partial charge in [-0.3, -0.25) is 4.79 Å². The number of fused-ring (bicyclic) bond motifs is 1. The lowest BCUT2D eigenvalue weighted by Gasteiger charge is -2.31. The second-order valence-electron chi connectivity index (χ2n) is 9.23. The van der Waals surface area contributed by atoms with Gasteiger partial charge >= 0.3 is 6.09 Å². The molecule has 0 unspecified atom stereocenters. The maximum atomic E-state index is 14.2. The van der Waals surface area contributed by atoms with Crippen molar-refractivity contribution in [1.29, 1.82) is 0 Å². The van der Waals surface area contributed by atoms with E-state index in [0.29, 0.717) is 77.9 Å². The summed E-state index contributed by atoms with van der Waals surface area (Å²) in [4.78, 5) is 37.8. The molecule has 1 aromatic carbocycles. The molecule has 3 heterocycles. The van der Waals surface area contributed by atoms with Crippen LogP contribution < -0.4 is 14.8 Å². The number of halogens is 1. The minimum Gasteiger partial charge on any atom is -0.493 e. The number of nitrogens with zero attached hydrogens (tertiary/aromatic N) is 3. The maximum absolute atomic E-state index is 14.2. The van der Waals surface area contributed by atoms with Crippen molar-refractivity contribution in [2.45, 2.75) is 45.6 Å². The number of hydrogen-bond acceptors (Lipinski definition) is 6. The van der Waals surface area contributed by atoms with Crippen LogP contribution in [0.25, 0.3) is 22.3 Å². The van der Waals surface area contributed by atoms with Crippen LogP contribution in [0.2, 0.25) is 0 Å². The molecule has 2 aliphatic rings. The zero-order chi connectivity index (χ0) is 24.5. The summed E-state index contributed by atoms with van der Waals surface area (Å²) in [5, 5.41) is 2.88. The lowest BCUT2D eigenvalue weighted by atomic mass is 10.1. The third-order valence-corrected chi connectivity index (χ3v) is 6.54. The second-order valence-corrected chi connectivity index (χ2v) is 9.23. The number of nitrogens with one attached hydrogen (secondary N) is 2. The summed E-state index contributed by atoms with van der Waals surface area (Å²) >= 11 is 0. The van der Waals surface area contributed by atoms with Crippen LogP contribution in [0.3, 0.4) is 0 Å². The highest BCUT2D eigenvalue weighted by Crippen LogP contribution is 2.38. The van der Waals surface area contributed by atoms with E-state index in [0.717, 1.165) is 12.8 Å². The van der Waals surface area contributed by atoms with E-state index in [1.807, 2.05) is 0 Å². The van der Waals surface area contributed by atoms with Crippen LogP contribution in [-0.4, -0.2) is 57.6 Å². The largest absolute Gasteiger partial charge is 0.493 e. The van der Waals surface area contributed by atoms with Crippen LogP contribution in [-0.2, 0) is 4.79 Å². The highest BCUT2D eigenvalue weighted by molar-refractivity contribution is 5.96. The van der Waals surface area contributed by atoms with E-state index < -0.39 is 11.9 Å². The Hall–Kier alpha value is -3.69. The molecule has 9 nitrogen and oxygen atoms in total. The van der Waals surface area contributed by atoms with Gasteiger partial charge in [0.1, 0.15) is 29.1 Å². The fourth-order valence-corrected chi connectivity index (χ4v) is 4.36. The number of carbonyl (C=O) groups excluding carboxylic acids is 2. The summed E-state index contributed by atoms with van der Waals surface area (Å²) < 4.78 is 25.8. The van der Waals surface area contributed by atoms with Gasteiger partial charge in [-0.25, -0.2) is 19.2 Å². The molecule has 3 aromatic rings. The number of aromatic nitrogens is 3. The Balaban J connectivity index is 1.37. The van der Waals surface area contributed by atoms with Gasteiger partial charge in [0.05, 0.1) is 17.8 Å². The monoisotopic (exact) mass is 481 g/mol. The van der Waals surface area contributed by atoms with E-state index in [-0.39, 0.29) is 11.9 Å². The number of benzene rings is 1. The van der Waals surface area contributed by atoms with Gasteiger partial charge in [-0.15, -0.1) is 0 Å². The van der Waals surface area contributed by atoms with Gasteiger partial charge in [0.15, 0.2) is 5.75 Å². The summed E-state index contributed by atoms with van der Waals surface area (Å²) in [5.41, 5.74) is 2.53. The molecule has 2 aromatic heterocycles.